The van der Waals surface area contributed by atoms with Crippen molar-refractivity contribution in [3.8, 4) is 0 Å². The van der Waals surface area contributed by atoms with Crippen molar-refractivity contribution in [2.24, 2.45) is 0 Å². The molecule has 1 aliphatic rings. The Morgan fingerprint density at radius 2 is 2.08 bits per heavy atom. The van der Waals surface area contributed by atoms with Crippen LogP contribution in [-0.2, 0) is 0 Å². The van der Waals surface area contributed by atoms with E-state index in [-0.39, 0.29) is 0 Å². The third-order valence-corrected chi connectivity index (χ3v) is 2.34. The van der Waals surface area contributed by atoms with Crippen LogP contribution in [0.25, 0.3) is 0 Å². The maximum Gasteiger partial charge on any atom is 0.184 e. The van der Waals surface area contributed by atoms with Gasteiger partial charge < -0.3 is 10.0 Å². The highest BCUT2D eigenvalue weighted by molar-refractivity contribution is 5.48. The van der Waals surface area contributed by atoms with Crippen LogP contribution in [-0.4, -0.2) is 24.5 Å². The van der Waals surface area contributed by atoms with Gasteiger partial charge in [-0.2, -0.15) is 0 Å². The molecule has 0 bridgehead atoms. The molecular weight excluding hydrogens is 164 g/mol. The highest BCUT2D eigenvalue weighted by Crippen LogP contribution is 2.17. The van der Waals surface area contributed by atoms with Crippen molar-refractivity contribution in [1.82, 2.24) is 5.32 Å². The average Bonchev–Trinajstić information content (AvgIpc) is 2.53. The van der Waals surface area contributed by atoms with Gasteiger partial charge in [-0.25, -0.2) is 0 Å². The van der Waals surface area contributed by atoms with Crippen LogP contribution >= 0.6 is 0 Å². The zero-order chi connectivity index (χ0) is 9.26. The fourth-order valence-electron chi connectivity index (χ4n) is 1.55. The molecule has 3 nitrogen and oxygen atoms in total. The maximum absolute atomic E-state index is 9.53. The second-order valence-electron chi connectivity index (χ2n) is 3.36. The molecule has 1 heterocycles. The van der Waals surface area contributed by atoms with E-state index in [0.717, 1.165) is 18.8 Å². The van der Waals surface area contributed by atoms with E-state index in [1.807, 2.05) is 17.0 Å². The summed E-state index contributed by atoms with van der Waals surface area (Å²) in [5.74, 6) is 0. The predicted molar refractivity (Wildman–Crippen MR) is 52.5 cm³/mol. The van der Waals surface area contributed by atoms with Gasteiger partial charge in [-0.15, -0.1) is 0 Å². The number of aliphatic hydroxyl groups is 1. The fraction of sp³-hybridized carbons (Fsp3) is 0.400. The second kappa shape index (κ2) is 3.36. The van der Waals surface area contributed by atoms with Crippen molar-refractivity contribution in [1.29, 1.82) is 0 Å². The van der Waals surface area contributed by atoms with Crippen LogP contribution in [0.5, 0.6) is 0 Å². The number of nitrogens with zero attached hydrogens (tertiary/aromatic N) is 1. The lowest BCUT2D eigenvalue weighted by atomic mass is 10.2. The van der Waals surface area contributed by atoms with Crippen molar-refractivity contribution < 1.29 is 5.11 Å². The normalized spacial score (nSPS) is 22.3. The molecule has 0 amide bonds. The summed E-state index contributed by atoms with van der Waals surface area (Å²) in [7, 11) is 0. The zero-order valence-corrected chi connectivity index (χ0v) is 7.70. The van der Waals surface area contributed by atoms with Crippen LogP contribution < -0.4 is 10.2 Å². The average molecular weight is 178 g/mol. The number of aliphatic hydroxyl groups excluding tert-OH is 1. The molecule has 0 saturated carbocycles. The van der Waals surface area contributed by atoms with Gasteiger partial charge in [0.2, 0.25) is 0 Å². The summed E-state index contributed by atoms with van der Waals surface area (Å²) >= 11 is 0. The van der Waals surface area contributed by atoms with Crippen molar-refractivity contribution in [2.45, 2.75) is 13.3 Å². The Kier molecular flexibility index (Phi) is 2.20. The molecule has 2 N–H and O–H groups in total. The second-order valence-corrected chi connectivity index (χ2v) is 3.36. The minimum Gasteiger partial charge on any atom is -0.361 e. The summed E-state index contributed by atoms with van der Waals surface area (Å²) in [5.41, 5.74) is 2.31. The highest BCUT2D eigenvalue weighted by atomic mass is 16.3. The maximum atomic E-state index is 9.53. The van der Waals surface area contributed by atoms with Crippen LogP contribution in [0.2, 0.25) is 0 Å². The van der Waals surface area contributed by atoms with Gasteiger partial charge in [0.05, 0.1) is 0 Å². The minimum atomic E-state index is -0.525. The number of anilines is 1. The number of benzene rings is 1. The van der Waals surface area contributed by atoms with Gasteiger partial charge in [0.15, 0.2) is 6.35 Å². The van der Waals surface area contributed by atoms with Crippen molar-refractivity contribution >= 4 is 5.69 Å². The number of hydrogen-bond donors (Lipinski definition) is 2. The predicted octanol–water partition coefficient (Wildman–Crippen LogP) is 0.681. The van der Waals surface area contributed by atoms with E-state index in [1.54, 1.807) is 0 Å². The molecule has 1 fully saturated rings. The summed E-state index contributed by atoms with van der Waals surface area (Å²) in [5, 5.41) is 12.5. The molecule has 0 aliphatic carbocycles. The topological polar surface area (TPSA) is 35.5 Å². The Morgan fingerprint density at radius 3 is 2.62 bits per heavy atom. The molecule has 1 aromatic carbocycles. The molecule has 1 unspecified atom stereocenters. The van der Waals surface area contributed by atoms with Crippen molar-refractivity contribution in [3.63, 3.8) is 0 Å². The quantitative estimate of drug-likeness (QED) is 0.664. The number of hydrogen-bond acceptors (Lipinski definition) is 3. The Balaban J connectivity index is 2.20. The largest absolute Gasteiger partial charge is 0.361 e. The van der Waals surface area contributed by atoms with E-state index >= 15 is 0 Å². The first-order valence-corrected chi connectivity index (χ1v) is 4.52. The van der Waals surface area contributed by atoms with Crippen LogP contribution in [0, 0.1) is 6.92 Å². The first-order valence-electron chi connectivity index (χ1n) is 4.52. The monoisotopic (exact) mass is 178 g/mol. The summed E-state index contributed by atoms with van der Waals surface area (Å²) < 4.78 is 0. The van der Waals surface area contributed by atoms with E-state index in [0.29, 0.717) is 0 Å². The van der Waals surface area contributed by atoms with Crippen LogP contribution in [0.15, 0.2) is 24.3 Å². The van der Waals surface area contributed by atoms with Gasteiger partial charge in [0.1, 0.15) is 0 Å². The smallest absolute Gasteiger partial charge is 0.184 e. The molecule has 0 spiro atoms. The molecule has 1 aliphatic heterocycles. The Hall–Kier alpha value is -1.06. The van der Waals surface area contributed by atoms with E-state index in [4.69, 9.17) is 0 Å². The summed E-state index contributed by atoms with van der Waals surface area (Å²) in [4.78, 5) is 1.94. The fourth-order valence-corrected chi connectivity index (χ4v) is 1.55. The number of nitrogens with one attached hydrogen (secondary N) is 1. The first-order chi connectivity index (χ1) is 6.27. The molecule has 1 aromatic rings. The molecule has 1 saturated heterocycles. The van der Waals surface area contributed by atoms with Crippen LogP contribution in [0.1, 0.15) is 5.56 Å². The molecule has 0 radical (unpaired) electrons. The third-order valence-electron chi connectivity index (χ3n) is 2.34. The van der Waals surface area contributed by atoms with E-state index in [2.05, 4.69) is 24.4 Å². The highest BCUT2D eigenvalue weighted by Gasteiger charge is 2.20. The molecule has 3 heteroatoms. The Labute approximate surface area is 78.0 Å². The first kappa shape index (κ1) is 8.53. The Bertz CT molecular complexity index is 283. The number of aryl methyl sites for hydroxylation is 1. The standard InChI is InChI=1S/C10H14N2O/c1-8-2-4-9(5-3-8)12-7-6-11-10(12)13/h2-5,10-11,13H,6-7H2,1H3. The lowest BCUT2D eigenvalue weighted by Crippen LogP contribution is -2.35. The summed E-state index contributed by atoms with van der Waals surface area (Å²) in [6.07, 6.45) is -0.525. The molecule has 13 heavy (non-hydrogen) atoms. The Morgan fingerprint density at radius 1 is 1.38 bits per heavy atom. The summed E-state index contributed by atoms with van der Waals surface area (Å²) in [6, 6.07) is 8.18. The lowest BCUT2D eigenvalue weighted by molar-refractivity contribution is 0.163. The third kappa shape index (κ3) is 1.66. The van der Waals surface area contributed by atoms with Gasteiger partial charge in [-0.05, 0) is 19.1 Å². The lowest BCUT2D eigenvalue weighted by Gasteiger charge is -2.21. The summed E-state index contributed by atoms with van der Waals surface area (Å²) in [6.45, 7) is 3.77. The molecular formula is C10H14N2O. The van der Waals surface area contributed by atoms with Gasteiger partial charge in [-0.1, -0.05) is 17.7 Å². The van der Waals surface area contributed by atoms with Gasteiger partial charge in [0, 0.05) is 18.8 Å². The van der Waals surface area contributed by atoms with E-state index in [9.17, 15) is 5.11 Å². The van der Waals surface area contributed by atoms with Gasteiger partial charge in [0.25, 0.3) is 0 Å². The molecule has 70 valence electrons. The molecule has 2 rings (SSSR count). The number of rotatable bonds is 1. The van der Waals surface area contributed by atoms with Crippen LogP contribution in [0.4, 0.5) is 5.69 Å². The molecule has 1 atom stereocenters. The minimum absolute atomic E-state index is 0.525. The van der Waals surface area contributed by atoms with Crippen LogP contribution in [0.3, 0.4) is 0 Å². The SMILES string of the molecule is Cc1ccc(N2CCNC2O)cc1. The van der Waals surface area contributed by atoms with Gasteiger partial charge in [-0.3, -0.25) is 5.32 Å². The van der Waals surface area contributed by atoms with E-state index in [1.165, 1.54) is 5.56 Å². The zero-order valence-electron chi connectivity index (χ0n) is 7.70. The van der Waals surface area contributed by atoms with Gasteiger partial charge >= 0.3 is 0 Å². The van der Waals surface area contributed by atoms with Crippen molar-refractivity contribution in [3.05, 3.63) is 29.8 Å². The van der Waals surface area contributed by atoms with Crippen molar-refractivity contribution in [2.75, 3.05) is 18.0 Å². The molecule has 0 aromatic heterocycles. The van der Waals surface area contributed by atoms with E-state index < -0.39 is 6.35 Å².